The Morgan fingerprint density at radius 1 is 1.00 bits per heavy atom. The number of urea groups is 1. The number of pyridine rings is 1. The van der Waals surface area contributed by atoms with Crippen molar-refractivity contribution >= 4 is 11.9 Å². The Morgan fingerprint density at radius 3 is 2.26 bits per heavy atom. The zero-order valence-corrected chi connectivity index (χ0v) is 20.2. The zero-order valence-electron chi connectivity index (χ0n) is 20.2. The number of carbonyl (C=O) groups excluding carboxylic acids is 2. The Bertz CT molecular complexity index is 1010. The van der Waals surface area contributed by atoms with Gasteiger partial charge < -0.3 is 15.1 Å². The maximum Gasteiger partial charge on any atom is 0.318 e. The van der Waals surface area contributed by atoms with Crippen LogP contribution < -0.4 is 5.32 Å². The molecule has 1 saturated carbocycles. The Morgan fingerprint density at radius 2 is 1.65 bits per heavy atom. The predicted molar refractivity (Wildman–Crippen MR) is 131 cm³/mol. The first-order valence-corrected chi connectivity index (χ1v) is 12.4. The van der Waals surface area contributed by atoms with Gasteiger partial charge in [0.05, 0.1) is 5.54 Å². The van der Waals surface area contributed by atoms with Crippen molar-refractivity contribution in [2.45, 2.75) is 55.6 Å². The minimum Gasteiger partial charge on any atom is -0.338 e. The van der Waals surface area contributed by atoms with Crippen molar-refractivity contribution in [3.8, 4) is 0 Å². The molecule has 180 valence electrons. The van der Waals surface area contributed by atoms with Gasteiger partial charge >= 0.3 is 6.03 Å². The van der Waals surface area contributed by atoms with Crippen LogP contribution in [0.2, 0.25) is 0 Å². The summed E-state index contributed by atoms with van der Waals surface area (Å²) in [6.45, 7) is 2.13. The topological polar surface area (TPSA) is 68.8 Å². The van der Waals surface area contributed by atoms with Gasteiger partial charge in [-0.1, -0.05) is 30.3 Å². The van der Waals surface area contributed by atoms with Crippen molar-refractivity contribution in [3.63, 3.8) is 0 Å². The quantitative estimate of drug-likeness (QED) is 0.757. The van der Waals surface area contributed by atoms with E-state index in [1.54, 1.807) is 24.5 Å². The minimum absolute atomic E-state index is 0.0172. The largest absolute Gasteiger partial charge is 0.338 e. The van der Waals surface area contributed by atoms with Crippen LogP contribution in [0.5, 0.6) is 0 Å². The van der Waals surface area contributed by atoms with Gasteiger partial charge in [-0.25, -0.2) is 4.79 Å². The Kier molecular flexibility index (Phi) is 6.06. The van der Waals surface area contributed by atoms with Crippen molar-refractivity contribution in [2.75, 3.05) is 33.7 Å². The average molecular weight is 462 g/mol. The molecule has 3 amide bonds. The van der Waals surface area contributed by atoms with E-state index in [0.717, 1.165) is 45.1 Å². The van der Waals surface area contributed by atoms with E-state index < -0.39 is 0 Å². The number of hydrogen-bond donors (Lipinski definition) is 1. The highest BCUT2D eigenvalue weighted by molar-refractivity contribution is 5.94. The van der Waals surface area contributed by atoms with Crippen LogP contribution in [0.25, 0.3) is 0 Å². The second-order valence-corrected chi connectivity index (χ2v) is 10.4. The van der Waals surface area contributed by atoms with Crippen molar-refractivity contribution in [1.29, 1.82) is 0 Å². The molecule has 7 nitrogen and oxygen atoms in total. The molecule has 0 atom stereocenters. The summed E-state index contributed by atoms with van der Waals surface area (Å²) in [6.07, 6.45) is 8.96. The molecule has 3 heterocycles. The van der Waals surface area contributed by atoms with Gasteiger partial charge in [0.1, 0.15) is 0 Å². The fourth-order valence-electron chi connectivity index (χ4n) is 6.26. The summed E-state index contributed by atoms with van der Waals surface area (Å²) in [5, 5.41) is 3.39. The van der Waals surface area contributed by atoms with Crippen molar-refractivity contribution in [1.82, 2.24) is 25.0 Å². The molecule has 3 fully saturated rings. The van der Waals surface area contributed by atoms with E-state index in [4.69, 9.17) is 0 Å². The third-order valence-electron chi connectivity index (χ3n) is 8.43. The van der Waals surface area contributed by atoms with Crippen molar-refractivity contribution in [3.05, 3.63) is 66.0 Å². The standard InChI is InChI=1S/C27H35N5O2/c1-30(2)27(22-6-4-3-5-7-22)14-12-26(13-15-27)20-32(25(34)29-26)23-10-18-31(19-11-23)24(33)21-8-16-28-17-9-21/h3-9,16-17,23H,10-15,18-20H2,1-2H3,(H,29,34). The molecule has 0 bridgehead atoms. The molecule has 0 unspecified atom stereocenters. The molecule has 1 aliphatic carbocycles. The van der Waals surface area contributed by atoms with Gasteiger partial charge in [0, 0.05) is 49.2 Å². The van der Waals surface area contributed by atoms with Crippen LogP contribution in [0, 0.1) is 0 Å². The molecule has 2 aromatic rings. The maximum atomic E-state index is 13.1. The van der Waals surface area contributed by atoms with Crippen LogP contribution in [0.15, 0.2) is 54.9 Å². The number of aromatic nitrogens is 1. The van der Waals surface area contributed by atoms with Crippen LogP contribution in [-0.4, -0.2) is 76.9 Å². The molecule has 0 radical (unpaired) electrons. The first-order valence-electron chi connectivity index (χ1n) is 12.4. The molecule has 2 aliphatic heterocycles. The van der Waals surface area contributed by atoms with Crippen molar-refractivity contribution < 1.29 is 9.59 Å². The van der Waals surface area contributed by atoms with Gasteiger partial charge in [-0.2, -0.15) is 0 Å². The molecule has 1 N–H and O–H groups in total. The SMILES string of the molecule is CN(C)C1(c2ccccc2)CCC2(CC1)CN(C1CCN(C(=O)c3ccncc3)CC1)C(=O)N2. The van der Waals surface area contributed by atoms with Gasteiger partial charge in [-0.05, 0) is 70.3 Å². The Hall–Kier alpha value is -2.93. The summed E-state index contributed by atoms with van der Waals surface area (Å²) in [4.78, 5) is 36.2. The third kappa shape index (κ3) is 4.06. The van der Waals surface area contributed by atoms with Crippen molar-refractivity contribution in [2.24, 2.45) is 0 Å². The maximum absolute atomic E-state index is 13.1. The number of nitrogens with zero attached hydrogens (tertiary/aromatic N) is 4. The molecule has 7 heteroatoms. The molecule has 5 rings (SSSR count). The van der Waals surface area contributed by atoms with E-state index in [0.29, 0.717) is 18.7 Å². The van der Waals surface area contributed by atoms with Crippen LogP contribution >= 0.6 is 0 Å². The Labute approximate surface area is 202 Å². The van der Waals surface area contributed by atoms with Crippen LogP contribution in [0.3, 0.4) is 0 Å². The van der Waals surface area contributed by atoms with Gasteiger partial charge in [0.15, 0.2) is 0 Å². The zero-order chi connectivity index (χ0) is 23.8. The van der Waals surface area contributed by atoms with Gasteiger partial charge in [-0.15, -0.1) is 0 Å². The smallest absolute Gasteiger partial charge is 0.318 e. The molecule has 3 aliphatic rings. The lowest BCUT2D eigenvalue weighted by molar-refractivity contribution is 0.0551. The molecule has 1 spiro atoms. The predicted octanol–water partition coefficient (Wildman–Crippen LogP) is 3.48. The summed E-state index contributed by atoms with van der Waals surface area (Å²) in [6, 6.07) is 14.6. The number of hydrogen-bond acceptors (Lipinski definition) is 4. The molecule has 1 aromatic heterocycles. The van der Waals surface area contributed by atoms with E-state index in [2.05, 4.69) is 64.5 Å². The van der Waals surface area contributed by atoms with E-state index in [9.17, 15) is 9.59 Å². The fraction of sp³-hybridized carbons (Fsp3) is 0.519. The number of benzene rings is 1. The second-order valence-electron chi connectivity index (χ2n) is 10.4. The lowest BCUT2D eigenvalue weighted by Gasteiger charge is -2.49. The summed E-state index contributed by atoms with van der Waals surface area (Å²) >= 11 is 0. The van der Waals surface area contributed by atoms with E-state index in [1.165, 1.54) is 5.56 Å². The molecule has 2 saturated heterocycles. The lowest BCUT2D eigenvalue weighted by Crippen LogP contribution is -2.54. The van der Waals surface area contributed by atoms with Gasteiger partial charge in [-0.3, -0.25) is 14.7 Å². The monoisotopic (exact) mass is 461 g/mol. The fourth-order valence-corrected chi connectivity index (χ4v) is 6.26. The summed E-state index contributed by atoms with van der Waals surface area (Å²) in [5.41, 5.74) is 1.91. The highest BCUT2D eigenvalue weighted by Gasteiger charge is 2.51. The average Bonchev–Trinajstić information content (AvgIpc) is 3.20. The lowest BCUT2D eigenvalue weighted by atomic mass is 9.69. The number of nitrogens with one attached hydrogen (secondary N) is 1. The minimum atomic E-state index is -0.143. The number of carbonyl (C=O) groups is 2. The first-order chi connectivity index (χ1) is 16.4. The second kappa shape index (κ2) is 9.02. The van der Waals surface area contributed by atoms with Gasteiger partial charge in [0.25, 0.3) is 5.91 Å². The summed E-state index contributed by atoms with van der Waals surface area (Å²) in [5.74, 6) is 0.0522. The Balaban J connectivity index is 1.21. The first kappa shape index (κ1) is 22.8. The van der Waals surface area contributed by atoms with Crippen LogP contribution in [-0.2, 0) is 5.54 Å². The number of rotatable bonds is 4. The normalized spacial score (nSPS) is 27.9. The summed E-state index contributed by atoms with van der Waals surface area (Å²) < 4.78 is 0. The van der Waals surface area contributed by atoms with E-state index >= 15 is 0 Å². The highest BCUT2D eigenvalue weighted by atomic mass is 16.2. The number of likely N-dealkylation sites (tertiary alicyclic amines) is 1. The van der Waals surface area contributed by atoms with Crippen LogP contribution in [0.4, 0.5) is 4.79 Å². The third-order valence-corrected chi connectivity index (χ3v) is 8.43. The molecule has 1 aromatic carbocycles. The van der Waals surface area contributed by atoms with Gasteiger partial charge in [0.2, 0.25) is 0 Å². The molecule has 34 heavy (non-hydrogen) atoms. The van der Waals surface area contributed by atoms with E-state index in [-0.39, 0.29) is 29.1 Å². The highest BCUT2D eigenvalue weighted by Crippen LogP contribution is 2.46. The van der Waals surface area contributed by atoms with Crippen LogP contribution in [0.1, 0.15) is 54.4 Å². The summed E-state index contributed by atoms with van der Waals surface area (Å²) in [7, 11) is 4.34. The number of amides is 3. The molecular weight excluding hydrogens is 426 g/mol. The van der Waals surface area contributed by atoms with E-state index in [1.807, 2.05) is 4.90 Å². The number of piperidine rings is 1. The molecular formula is C27H35N5O2.